The first-order chi connectivity index (χ1) is 8.31. The lowest BCUT2D eigenvalue weighted by molar-refractivity contribution is 0.981. The van der Waals surface area contributed by atoms with Crippen molar-refractivity contribution in [1.82, 2.24) is 4.57 Å². The molecule has 2 aromatic heterocycles. The van der Waals surface area contributed by atoms with Gasteiger partial charge in [0, 0.05) is 25.2 Å². The molecule has 3 aromatic rings. The second-order valence-electron chi connectivity index (χ2n) is 4.05. The van der Waals surface area contributed by atoms with Crippen LogP contribution in [0.25, 0.3) is 21.5 Å². The lowest BCUT2D eigenvalue weighted by Gasteiger charge is -2.03. The number of fused-ring (bicyclic) bond motifs is 1. The summed E-state index contributed by atoms with van der Waals surface area (Å²) >= 11 is 1.78. The molecule has 0 amide bonds. The van der Waals surface area contributed by atoms with Gasteiger partial charge in [-0.15, -0.1) is 11.3 Å². The topological polar surface area (TPSA) is 17.0 Å². The molecule has 1 aromatic carbocycles. The van der Waals surface area contributed by atoms with Gasteiger partial charge in [0.2, 0.25) is 0 Å². The van der Waals surface area contributed by atoms with Crippen molar-refractivity contribution >= 4 is 27.9 Å². The molecule has 0 spiro atoms. The van der Waals surface area contributed by atoms with Gasteiger partial charge in [0.1, 0.15) is 0 Å². The van der Waals surface area contributed by atoms with Gasteiger partial charge in [-0.1, -0.05) is 12.1 Å². The van der Waals surface area contributed by atoms with Crippen molar-refractivity contribution < 1.29 is 0 Å². The normalized spacial score (nSPS) is 10.9. The van der Waals surface area contributed by atoms with E-state index in [1.165, 1.54) is 27.2 Å². The van der Waals surface area contributed by atoms with Crippen LogP contribution in [0.2, 0.25) is 0 Å². The smallest absolute Gasteiger partial charge is 0.0590 e. The lowest BCUT2D eigenvalue weighted by atomic mass is 10.2. The van der Waals surface area contributed by atoms with Gasteiger partial charge in [-0.3, -0.25) is 0 Å². The number of hydrogen-bond acceptors (Lipinski definition) is 2. The SMILES string of the molecule is CNc1cccc2c1cc(-c1cccs1)n2C. The van der Waals surface area contributed by atoms with Crippen LogP contribution < -0.4 is 5.32 Å². The highest BCUT2D eigenvalue weighted by atomic mass is 32.1. The van der Waals surface area contributed by atoms with Crippen LogP contribution in [0.1, 0.15) is 0 Å². The number of aryl methyl sites for hydroxylation is 1. The number of thiophene rings is 1. The summed E-state index contributed by atoms with van der Waals surface area (Å²) in [5.74, 6) is 0. The van der Waals surface area contributed by atoms with Crippen molar-refractivity contribution in [3.05, 3.63) is 41.8 Å². The highest BCUT2D eigenvalue weighted by Gasteiger charge is 2.10. The van der Waals surface area contributed by atoms with Crippen molar-refractivity contribution in [2.45, 2.75) is 0 Å². The zero-order chi connectivity index (χ0) is 11.8. The minimum absolute atomic E-state index is 1.18. The van der Waals surface area contributed by atoms with Gasteiger partial charge < -0.3 is 9.88 Å². The second kappa shape index (κ2) is 3.93. The summed E-state index contributed by atoms with van der Waals surface area (Å²) in [6.45, 7) is 0. The van der Waals surface area contributed by atoms with Gasteiger partial charge >= 0.3 is 0 Å². The maximum absolute atomic E-state index is 3.25. The molecular formula is C14H14N2S. The first-order valence-electron chi connectivity index (χ1n) is 5.61. The molecular weight excluding hydrogens is 228 g/mol. The molecule has 0 saturated heterocycles. The van der Waals surface area contributed by atoms with E-state index in [9.17, 15) is 0 Å². The van der Waals surface area contributed by atoms with Gasteiger partial charge in [0.15, 0.2) is 0 Å². The van der Waals surface area contributed by atoms with Gasteiger partial charge in [0.25, 0.3) is 0 Å². The van der Waals surface area contributed by atoms with Crippen molar-refractivity contribution in [3.8, 4) is 10.6 Å². The van der Waals surface area contributed by atoms with E-state index in [4.69, 9.17) is 0 Å². The number of rotatable bonds is 2. The zero-order valence-corrected chi connectivity index (χ0v) is 10.7. The Morgan fingerprint density at radius 2 is 2.06 bits per heavy atom. The van der Waals surface area contributed by atoms with E-state index in [2.05, 4.69) is 58.7 Å². The maximum atomic E-state index is 3.25. The first-order valence-corrected chi connectivity index (χ1v) is 6.49. The fraction of sp³-hybridized carbons (Fsp3) is 0.143. The molecule has 2 heterocycles. The Morgan fingerprint density at radius 1 is 1.18 bits per heavy atom. The molecule has 0 radical (unpaired) electrons. The molecule has 0 aliphatic rings. The highest BCUT2D eigenvalue weighted by molar-refractivity contribution is 7.13. The van der Waals surface area contributed by atoms with E-state index >= 15 is 0 Å². The van der Waals surface area contributed by atoms with E-state index in [0.717, 1.165) is 0 Å². The number of nitrogens with zero attached hydrogens (tertiary/aromatic N) is 1. The molecule has 3 heteroatoms. The molecule has 0 bridgehead atoms. The molecule has 86 valence electrons. The molecule has 17 heavy (non-hydrogen) atoms. The Bertz CT molecular complexity index is 650. The van der Waals surface area contributed by atoms with Gasteiger partial charge in [-0.2, -0.15) is 0 Å². The van der Waals surface area contributed by atoms with Crippen molar-refractivity contribution in [2.24, 2.45) is 7.05 Å². The fourth-order valence-electron chi connectivity index (χ4n) is 2.24. The highest BCUT2D eigenvalue weighted by Crippen LogP contribution is 2.33. The molecule has 0 fully saturated rings. The number of nitrogens with one attached hydrogen (secondary N) is 1. The van der Waals surface area contributed by atoms with E-state index in [1.54, 1.807) is 11.3 Å². The number of hydrogen-bond donors (Lipinski definition) is 1. The average Bonchev–Trinajstić information content (AvgIpc) is 2.97. The van der Waals surface area contributed by atoms with Crippen LogP contribution >= 0.6 is 11.3 Å². The molecule has 1 N–H and O–H groups in total. The molecule has 3 rings (SSSR count). The summed E-state index contributed by atoms with van der Waals surface area (Å²) < 4.78 is 2.25. The van der Waals surface area contributed by atoms with Crippen molar-refractivity contribution in [2.75, 3.05) is 12.4 Å². The quantitative estimate of drug-likeness (QED) is 0.720. The lowest BCUT2D eigenvalue weighted by Crippen LogP contribution is -1.90. The Hall–Kier alpha value is -1.74. The number of benzene rings is 1. The molecule has 2 nitrogen and oxygen atoms in total. The Kier molecular flexibility index (Phi) is 2.41. The third kappa shape index (κ3) is 1.54. The summed E-state index contributed by atoms with van der Waals surface area (Å²) in [5, 5.41) is 6.64. The number of aromatic nitrogens is 1. The average molecular weight is 242 g/mol. The Labute approximate surface area is 105 Å². The third-order valence-corrected chi connectivity index (χ3v) is 4.02. The fourth-order valence-corrected chi connectivity index (χ4v) is 3.02. The summed E-state index contributed by atoms with van der Waals surface area (Å²) in [5.41, 5.74) is 3.72. The number of anilines is 1. The molecule has 0 aliphatic carbocycles. The summed E-state index contributed by atoms with van der Waals surface area (Å²) in [6, 6.07) is 12.9. The summed E-state index contributed by atoms with van der Waals surface area (Å²) in [6.07, 6.45) is 0. The monoisotopic (exact) mass is 242 g/mol. The maximum Gasteiger partial charge on any atom is 0.0590 e. The van der Waals surface area contributed by atoms with Crippen LogP contribution in [0, 0.1) is 0 Å². The van der Waals surface area contributed by atoms with Crippen LogP contribution in [-0.2, 0) is 7.05 Å². The van der Waals surface area contributed by atoms with E-state index < -0.39 is 0 Å². The molecule has 0 unspecified atom stereocenters. The van der Waals surface area contributed by atoms with E-state index in [1.807, 2.05) is 7.05 Å². The zero-order valence-electron chi connectivity index (χ0n) is 9.90. The van der Waals surface area contributed by atoms with Gasteiger partial charge in [0.05, 0.1) is 16.1 Å². The van der Waals surface area contributed by atoms with Gasteiger partial charge in [-0.05, 0) is 29.6 Å². The summed E-state index contributed by atoms with van der Waals surface area (Å²) in [7, 11) is 4.09. The third-order valence-electron chi connectivity index (χ3n) is 3.13. The van der Waals surface area contributed by atoms with Crippen LogP contribution in [0.5, 0.6) is 0 Å². The van der Waals surface area contributed by atoms with Crippen molar-refractivity contribution in [1.29, 1.82) is 0 Å². The Balaban J connectivity index is 2.32. The van der Waals surface area contributed by atoms with Crippen LogP contribution in [0.3, 0.4) is 0 Å². The minimum atomic E-state index is 1.18. The minimum Gasteiger partial charge on any atom is -0.388 e. The van der Waals surface area contributed by atoms with Crippen molar-refractivity contribution in [3.63, 3.8) is 0 Å². The molecule has 0 atom stereocenters. The standard InChI is InChI=1S/C14H14N2S/c1-15-11-5-3-6-12-10(11)9-13(16(12)2)14-7-4-8-17-14/h3-9,15H,1-2H3. The second-order valence-corrected chi connectivity index (χ2v) is 5.00. The van der Waals surface area contributed by atoms with Crippen LogP contribution in [-0.4, -0.2) is 11.6 Å². The predicted octanol–water partition coefficient (Wildman–Crippen LogP) is 3.95. The van der Waals surface area contributed by atoms with E-state index in [0.29, 0.717) is 0 Å². The molecule has 0 saturated carbocycles. The van der Waals surface area contributed by atoms with Crippen LogP contribution in [0.15, 0.2) is 41.8 Å². The first kappa shape index (κ1) is 10.4. The van der Waals surface area contributed by atoms with E-state index in [-0.39, 0.29) is 0 Å². The predicted molar refractivity (Wildman–Crippen MR) is 75.8 cm³/mol. The Morgan fingerprint density at radius 3 is 2.76 bits per heavy atom. The summed E-state index contributed by atoms with van der Waals surface area (Å²) in [4.78, 5) is 1.31. The van der Waals surface area contributed by atoms with Gasteiger partial charge in [-0.25, -0.2) is 0 Å². The van der Waals surface area contributed by atoms with Crippen LogP contribution in [0.4, 0.5) is 5.69 Å². The molecule has 0 aliphatic heterocycles. The largest absolute Gasteiger partial charge is 0.388 e.